The lowest BCUT2D eigenvalue weighted by Crippen LogP contribution is -2.15. The standard InChI is InChI=1S/C15H11N7S2/c1-2-5-12-10(4-1)16-20-21(12)8-14-17-18-15-22(14)19-11(9-24-15)13-6-3-7-23-13/h1-7H,8-9H2. The number of nitrogens with zero attached hydrogens (tertiary/aromatic N) is 7. The van der Waals surface area contributed by atoms with Crippen LogP contribution in [0.2, 0.25) is 0 Å². The van der Waals surface area contributed by atoms with Crippen LogP contribution in [-0.4, -0.2) is 41.3 Å². The molecule has 1 aliphatic rings. The maximum atomic E-state index is 4.74. The normalized spacial score (nSPS) is 13.9. The zero-order chi connectivity index (χ0) is 15.9. The molecule has 0 bridgehead atoms. The van der Waals surface area contributed by atoms with Crippen LogP contribution in [-0.2, 0) is 6.54 Å². The Balaban J connectivity index is 1.54. The summed E-state index contributed by atoms with van der Waals surface area (Å²) >= 11 is 3.35. The van der Waals surface area contributed by atoms with Crippen molar-refractivity contribution in [2.75, 3.05) is 5.75 Å². The van der Waals surface area contributed by atoms with Gasteiger partial charge in [-0.15, -0.1) is 26.6 Å². The molecular formula is C15H11N7S2. The fraction of sp³-hybridized carbons (Fsp3) is 0.133. The lowest BCUT2D eigenvalue weighted by molar-refractivity contribution is 0.606. The van der Waals surface area contributed by atoms with Crippen LogP contribution in [0.5, 0.6) is 0 Å². The Kier molecular flexibility index (Phi) is 3.20. The van der Waals surface area contributed by atoms with Gasteiger partial charge in [-0.05, 0) is 23.6 Å². The number of fused-ring (bicyclic) bond motifs is 2. The van der Waals surface area contributed by atoms with Crippen molar-refractivity contribution in [2.24, 2.45) is 5.10 Å². The van der Waals surface area contributed by atoms with E-state index in [0.29, 0.717) is 6.54 Å². The molecular weight excluding hydrogens is 342 g/mol. The second kappa shape index (κ2) is 5.53. The molecule has 1 aliphatic heterocycles. The van der Waals surface area contributed by atoms with Crippen LogP contribution < -0.4 is 0 Å². The van der Waals surface area contributed by atoms with Crippen LogP contribution in [0.4, 0.5) is 0 Å². The van der Waals surface area contributed by atoms with Gasteiger partial charge in [0.15, 0.2) is 5.82 Å². The molecule has 0 saturated heterocycles. The summed E-state index contributed by atoms with van der Waals surface area (Å²) in [6.07, 6.45) is 0. The number of thiophene rings is 1. The molecule has 7 nitrogen and oxygen atoms in total. The van der Waals surface area contributed by atoms with Gasteiger partial charge in [0.1, 0.15) is 12.1 Å². The van der Waals surface area contributed by atoms with Gasteiger partial charge in [-0.25, -0.2) is 4.68 Å². The molecule has 1 aromatic carbocycles. The summed E-state index contributed by atoms with van der Waals surface area (Å²) in [6, 6.07) is 12.0. The van der Waals surface area contributed by atoms with Gasteiger partial charge in [0, 0.05) is 5.75 Å². The summed E-state index contributed by atoms with van der Waals surface area (Å²) in [4.78, 5) is 1.18. The highest BCUT2D eigenvalue weighted by atomic mass is 32.2. The van der Waals surface area contributed by atoms with E-state index in [0.717, 1.165) is 33.5 Å². The minimum Gasteiger partial charge on any atom is -0.237 e. The van der Waals surface area contributed by atoms with Gasteiger partial charge < -0.3 is 0 Å². The Labute approximate surface area is 145 Å². The first-order chi connectivity index (χ1) is 11.9. The molecule has 3 aromatic heterocycles. The van der Waals surface area contributed by atoms with Crippen molar-refractivity contribution in [1.82, 2.24) is 29.9 Å². The third kappa shape index (κ3) is 2.24. The highest BCUT2D eigenvalue weighted by molar-refractivity contribution is 7.99. The van der Waals surface area contributed by atoms with Gasteiger partial charge >= 0.3 is 0 Å². The maximum absolute atomic E-state index is 4.74. The zero-order valence-electron chi connectivity index (χ0n) is 12.4. The second-order valence-corrected chi connectivity index (χ2v) is 7.15. The Morgan fingerprint density at radius 1 is 1.04 bits per heavy atom. The van der Waals surface area contributed by atoms with Gasteiger partial charge in [0.2, 0.25) is 5.16 Å². The average molecular weight is 353 g/mol. The molecule has 118 valence electrons. The van der Waals surface area contributed by atoms with E-state index in [1.807, 2.05) is 39.7 Å². The molecule has 0 spiro atoms. The maximum Gasteiger partial charge on any atom is 0.212 e. The molecule has 4 aromatic rings. The molecule has 4 heterocycles. The van der Waals surface area contributed by atoms with Gasteiger partial charge in [0.05, 0.1) is 16.1 Å². The highest BCUT2D eigenvalue weighted by Crippen LogP contribution is 2.26. The van der Waals surface area contributed by atoms with Crippen molar-refractivity contribution in [2.45, 2.75) is 11.7 Å². The van der Waals surface area contributed by atoms with Crippen molar-refractivity contribution < 1.29 is 0 Å². The van der Waals surface area contributed by atoms with E-state index in [9.17, 15) is 0 Å². The number of thioether (sulfide) groups is 1. The number of hydrogen-bond acceptors (Lipinski definition) is 7. The van der Waals surface area contributed by atoms with Crippen LogP contribution in [0.1, 0.15) is 10.7 Å². The van der Waals surface area contributed by atoms with E-state index < -0.39 is 0 Å². The molecule has 0 saturated carbocycles. The molecule has 24 heavy (non-hydrogen) atoms. The third-order valence-corrected chi connectivity index (χ3v) is 5.60. The number of benzene rings is 1. The third-order valence-electron chi connectivity index (χ3n) is 3.75. The first-order valence-corrected chi connectivity index (χ1v) is 9.22. The van der Waals surface area contributed by atoms with E-state index >= 15 is 0 Å². The Hall–Kier alpha value is -2.52. The van der Waals surface area contributed by atoms with Crippen LogP contribution in [0.3, 0.4) is 0 Å². The smallest absolute Gasteiger partial charge is 0.212 e. The predicted octanol–water partition coefficient (Wildman–Crippen LogP) is 2.49. The minimum absolute atomic E-state index is 0.481. The molecule has 0 aliphatic carbocycles. The zero-order valence-corrected chi connectivity index (χ0v) is 14.0. The number of rotatable bonds is 3. The minimum atomic E-state index is 0.481. The molecule has 9 heteroatoms. The van der Waals surface area contributed by atoms with Crippen LogP contribution in [0.25, 0.3) is 11.0 Å². The fourth-order valence-corrected chi connectivity index (χ4v) is 4.25. The Morgan fingerprint density at radius 2 is 2.00 bits per heavy atom. The summed E-state index contributed by atoms with van der Waals surface area (Å²) in [5.41, 5.74) is 2.89. The van der Waals surface area contributed by atoms with E-state index in [4.69, 9.17) is 5.10 Å². The summed E-state index contributed by atoms with van der Waals surface area (Å²) in [6.45, 7) is 0.481. The van der Waals surface area contributed by atoms with Crippen LogP contribution in [0, 0.1) is 0 Å². The molecule has 0 radical (unpaired) electrons. The SMILES string of the molecule is c1csc(C2=Nn3c(Cn4nnc5ccccc54)nnc3SC2)c1. The predicted molar refractivity (Wildman–Crippen MR) is 93.6 cm³/mol. The van der Waals surface area contributed by atoms with Crippen LogP contribution in [0.15, 0.2) is 52.0 Å². The van der Waals surface area contributed by atoms with E-state index in [1.54, 1.807) is 23.1 Å². The first-order valence-electron chi connectivity index (χ1n) is 7.35. The largest absolute Gasteiger partial charge is 0.237 e. The average Bonchev–Trinajstić information content (AvgIpc) is 3.35. The summed E-state index contributed by atoms with van der Waals surface area (Å²) in [5.74, 6) is 1.56. The van der Waals surface area contributed by atoms with E-state index in [2.05, 4.69) is 32.0 Å². The molecule has 0 amide bonds. The van der Waals surface area contributed by atoms with E-state index in [1.165, 1.54) is 4.88 Å². The lowest BCUT2D eigenvalue weighted by atomic mass is 10.3. The van der Waals surface area contributed by atoms with Crippen molar-refractivity contribution in [3.63, 3.8) is 0 Å². The van der Waals surface area contributed by atoms with Crippen molar-refractivity contribution in [1.29, 1.82) is 0 Å². The van der Waals surface area contributed by atoms with Gasteiger partial charge in [-0.1, -0.05) is 35.2 Å². The molecule has 0 atom stereocenters. The Bertz CT molecular complexity index is 1050. The number of hydrogen-bond donors (Lipinski definition) is 0. The molecule has 5 rings (SSSR count). The fourth-order valence-electron chi connectivity index (χ4n) is 2.60. The summed E-state index contributed by atoms with van der Waals surface area (Å²) in [5, 5.41) is 24.6. The van der Waals surface area contributed by atoms with Crippen molar-refractivity contribution in [3.8, 4) is 0 Å². The van der Waals surface area contributed by atoms with Crippen LogP contribution >= 0.6 is 23.1 Å². The lowest BCUT2D eigenvalue weighted by Gasteiger charge is -2.12. The quantitative estimate of drug-likeness (QED) is 0.566. The monoisotopic (exact) mass is 353 g/mol. The Morgan fingerprint density at radius 3 is 2.92 bits per heavy atom. The summed E-state index contributed by atoms with van der Waals surface area (Å²) in [7, 11) is 0. The summed E-state index contributed by atoms with van der Waals surface area (Å²) < 4.78 is 3.64. The van der Waals surface area contributed by atoms with Crippen molar-refractivity contribution >= 4 is 39.8 Å². The van der Waals surface area contributed by atoms with Gasteiger partial charge in [-0.3, -0.25) is 0 Å². The van der Waals surface area contributed by atoms with E-state index in [-0.39, 0.29) is 0 Å². The second-order valence-electron chi connectivity index (χ2n) is 5.26. The first kappa shape index (κ1) is 13.9. The number of para-hydroxylation sites is 1. The van der Waals surface area contributed by atoms with Gasteiger partial charge in [-0.2, -0.15) is 9.78 Å². The molecule has 0 unspecified atom stereocenters. The van der Waals surface area contributed by atoms with Crippen molar-refractivity contribution in [3.05, 3.63) is 52.5 Å². The topological polar surface area (TPSA) is 73.8 Å². The van der Waals surface area contributed by atoms with Gasteiger partial charge in [0.25, 0.3) is 0 Å². The molecule has 0 N–H and O–H groups in total. The number of aromatic nitrogens is 6. The highest BCUT2D eigenvalue weighted by Gasteiger charge is 2.21. The molecule has 0 fully saturated rings.